The fraction of sp³-hybridized carbons (Fsp3) is 0.409. The molecule has 2 aromatic carbocycles. The van der Waals surface area contributed by atoms with Crippen molar-refractivity contribution in [1.82, 2.24) is 4.31 Å². The summed E-state index contributed by atoms with van der Waals surface area (Å²) in [7, 11) is -3.89. The smallest absolute Gasteiger partial charge is 0.243 e. The Kier molecular flexibility index (Phi) is 8.22. The molecule has 1 amide bonds. The Morgan fingerprint density at radius 1 is 1.06 bits per heavy atom. The number of hydrogen-bond donors (Lipinski definition) is 1. The summed E-state index contributed by atoms with van der Waals surface area (Å²) >= 11 is 12.3. The normalized spacial score (nSPS) is 15.1. The second-order valence-corrected chi connectivity index (χ2v) is 10.1. The molecule has 1 N–H and O–H groups in total. The van der Waals surface area contributed by atoms with Gasteiger partial charge in [0.1, 0.15) is 5.75 Å². The van der Waals surface area contributed by atoms with Crippen molar-refractivity contribution in [1.29, 1.82) is 0 Å². The highest BCUT2D eigenvalue weighted by Crippen LogP contribution is 2.31. The second kappa shape index (κ2) is 10.7. The van der Waals surface area contributed by atoms with Crippen LogP contribution in [0.1, 0.15) is 39.0 Å². The van der Waals surface area contributed by atoms with Gasteiger partial charge in [-0.05, 0) is 56.2 Å². The number of hydrogen-bond acceptors (Lipinski definition) is 4. The van der Waals surface area contributed by atoms with Gasteiger partial charge in [0.25, 0.3) is 0 Å². The predicted molar refractivity (Wildman–Crippen MR) is 123 cm³/mol. The molecule has 1 saturated carbocycles. The van der Waals surface area contributed by atoms with Crippen LogP contribution in [-0.2, 0) is 14.8 Å². The number of anilines is 1. The van der Waals surface area contributed by atoms with Gasteiger partial charge >= 0.3 is 0 Å². The Bertz CT molecular complexity index is 986. The quantitative estimate of drug-likeness (QED) is 0.547. The van der Waals surface area contributed by atoms with E-state index in [2.05, 4.69) is 5.32 Å². The first-order chi connectivity index (χ1) is 14.8. The maximum absolute atomic E-state index is 13.5. The number of benzene rings is 2. The molecule has 9 heteroatoms. The van der Waals surface area contributed by atoms with Crippen molar-refractivity contribution < 1.29 is 17.9 Å². The fourth-order valence-corrected chi connectivity index (χ4v) is 5.86. The summed E-state index contributed by atoms with van der Waals surface area (Å²) in [5.74, 6) is 0.104. The third-order valence-corrected chi connectivity index (χ3v) is 7.79. The van der Waals surface area contributed by atoms with Gasteiger partial charge in [-0.2, -0.15) is 4.31 Å². The Labute approximate surface area is 193 Å². The first kappa shape index (κ1) is 23.9. The van der Waals surface area contributed by atoms with Gasteiger partial charge in [0.15, 0.2) is 0 Å². The molecule has 0 bridgehead atoms. The molecule has 1 fully saturated rings. The van der Waals surface area contributed by atoms with Gasteiger partial charge in [-0.1, -0.05) is 48.5 Å². The summed E-state index contributed by atoms with van der Waals surface area (Å²) in [6, 6.07) is 10.9. The molecule has 0 atom stereocenters. The molecule has 31 heavy (non-hydrogen) atoms. The number of nitrogens with zero attached hydrogens (tertiary/aromatic N) is 1. The molecule has 0 unspecified atom stereocenters. The zero-order chi connectivity index (χ0) is 22.4. The van der Waals surface area contributed by atoms with Gasteiger partial charge in [-0.25, -0.2) is 8.42 Å². The lowest BCUT2D eigenvalue weighted by molar-refractivity contribution is -0.116. The Morgan fingerprint density at radius 2 is 1.68 bits per heavy atom. The van der Waals surface area contributed by atoms with E-state index in [9.17, 15) is 13.2 Å². The summed E-state index contributed by atoms with van der Waals surface area (Å²) in [5, 5.41) is 3.25. The Morgan fingerprint density at radius 3 is 2.26 bits per heavy atom. The monoisotopic (exact) mass is 484 g/mol. The van der Waals surface area contributed by atoms with Crippen molar-refractivity contribution in [3.8, 4) is 5.75 Å². The molecule has 168 valence electrons. The number of halogens is 2. The second-order valence-electron chi connectivity index (χ2n) is 7.39. The van der Waals surface area contributed by atoms with Gasteiger partial charge in [-0.3, -0.25) is 4.79 Å². The first-order valence-electron chi connectivity index (χ1n) is 10.3. The highest BCUT2D eigenvalue weighted by molar-refractivity contribution is 7.89. The number of amides is 1. The minimum atomic E-state index is -3.89. The van der Waals surface area contributed by atoms with E-state index in [1.807, 2.05) is 6.92 Å². The Balaban J connectivity index is 1.86. The van der Waals surface area contributed by atoms with Crippen LogP contribution in [0.2, 0.25) is 10.0 Å². The number of nitrogens with one attached hydrogen (secondary N) is 1. The summed E-state index contributed by atoms with van der Waals surface area (Å²) in [6.45, 7) is 2.03. The summed E-state index contributed by atoms with van der Waals surface area (Å²) in [6.07, 6.45) is 4.36. The van der Waals surface area contributed by atoms with Crippen LogP contribution in [-0.4, -0.2) is 37.8 Å². The van der Waals surface area contributed by atoms with Crippen molar-refractivity contribution in [2.75, 3.05) is 18.5 Å². The van der Waals surface area contributed by atoms with Crippen molar-refractivity contribution in [3.05, 3.63) is 52.5 Å². The zero-order valence-electron chi connectivity index (χ0n) is 17.3. The number of sulfonamides is 1. The molecule has 0 heterocycles. The van der Waals surface area contributed by atoms with Crippen LogP contribution in [0.5, 0.6) is 5.75 Å². The van der Waals surface area contributed by atoms with Crippen LogP contribution in [0.4, 0.5) is 5.69 Å². The standard InChI is InChI=1S/C22H26Cl2N2O4S/c1-2-30-17-11-13-18(14-12-17)31(28,29)26(16-7-4-3-5-8-16)15-21(27)25-22-19(23)9-6-10-20(22)24/h6,9-14,16H,2-5,7-8,15H2,1H3,(H,25,27). The van der Waals surface area contributed by atoms with E-state index in [4.69, 9.17) is 27.9 Å². The van der Waals surface area contributed by atoms with Crippen LogP contribution < -0.4 is 10.1 Å². The Hall–Kier alpha value is -1.80. The third-order valence-electron chi connectivity index (χ3n) is 5.25. The molecule has 1 aliphatic rings. The van der Waals surface area contributed by atoms with E-state index in [1.165, 1.54) is 16.4 Å². The van der Waals surface area contributed by atoms with Crippen molar-refractivity contribution in [3.63, 3.8) is 0 Å². The zero-order valence-corrected chi connectivity index (χ0v) is 19.6. The highest BCUT2D eigenvalue weighted by atomic mass is 35.5. The lowest BCUT2D eigenvalue weighted by atomic mass is 9.95. The topological polar surface area (TPSA) is 75.7 Å². The first-order valence-corrected chi connectivity index (χ1v) is 12.5. The van der Waals surface area contributed by atoms with Gasteiger partial charge < -0.3 is 10.1 Å². The van der Waals surface area contributed by atoms with E-state index in [-0.39, 0.29) is 23.2 Å². The van der Waals surface area contributed by atoms with Gasteiger partial charge in [0, 0.05) is 6.04 Å². The molecule has 3 rings (SSSR count). The highest BCUT2D eigenvalue weighted by Gasteiger charge is 2.34. The van der Waals surface area contributed by atoms with Crippen LogP contribution in [0.15, 0.2) is 47.4 Å². The van der Waals surface area contributed by atoms with E-state index in [0.29, 0.717) is 22.4 Å². The maximum Gasteiger partial charge on any atom is 0.243 e. The molecular formula is C22H26Cl2N2O4S. The van der Waals surface area contributed by atoms with Gasteiger partial charge in [0.2, 0.25) is 15.9 Å². The van der Waals surface area contributed by atoms with Crippen molar-refractivity contribution >= 4 is 44.8 Å². The molecular weight excluding hydrogens is 459 g/mol. The summed E-state index contributed by atoms with van der Waals surface area (Å²) < 4.78 is 33.7. The van der Waals surface area contributed by atoms with E-state index < -0.39 is 15.9 Å². The lowest BCUT2D eigenvalue weighted by Crippen LogP contribution is -2.45. The molecule has 6 nitrogen and oxygen atoms in total. The van der Waals surface area contributed by atoms with E-state index in [0.717, 1.165) is 32.1 Å². The summed E-state index contributed by atoms with van der Waals surface area (Å²) in [5.41, 5.74) is 0.276. The molecule has 0 aliphatic heterocycles. The molecule has 0 aromatic heterocycles. The number of carbonyl (C=O) groups excluding carboxylic acids is 1. The van der Waals surface area contributed by atoms with E-state index >= 15 is 0 Å². The third kappa shape index (κ3) is 5.92. The largest absolute Gasteiger partial charge is 0.494 e. The fourth-order valence-electron chi connectivity index (χ4n) is 3.73. The van der Waals surface area contributed by atoms with Crippen molar-refractivity contribution in [2.45, 2.75) is 50.0 Å². The van der Waals surface area contributed by atoms with Gasteiger partial charge in [0.05, 0.1) is 33.8 Å². The number of rotatable bonds is 8. The number of para-hydroxylation sites is 1. The van der Waals surface area contributed by atoms with Crippen LogP contribution in [0, 0.1) is 0 Å². The van der Waals surface area contributed by atoms with E-state index in [1.54, 1.807) is 30.3 Å². The molecule has 2 aromatic rings. The predicted octanol–water partition coefficient (Wildman–Crippen LogP) is 5.35. The van der Waals surface area contributed by atoms with Crippen LogP contribution in [0.3, 0.4) is 0 Å². The number of carbonyl (C=O) groups is 1. The minimum Gasteiger partial charge on any atom is -0.494 e. The summed E-state index contributed by atoms with van der Waals surface area (Å²) in [4.78, 5) is 13.0. The van der Waals surface area contributed by atoms with Crippen molar-refractivity contribution in [2.24, 2.45) is 0 Å². The maximum atomic E-state index is 13.5. The minimum absolute atomic E-state index is 0.130. The van der Waals surface area contributed by atoms with Crippen LogP contribution >= 0.6 is 23.2 Å². The van der Waals surface area contributed by atoms with Crippen LogP contribution in [0.25, 0.3) is 0 Å². The number of ether oxygens (including phenoxy) is 1. The SMILES string of the molecule is CCOc1ccc(S(=O)(=O)N(CC(=O)Nc2c(Cl)cccc2Cl)C2CCCCC2)cc1. The molecule has 0 spiro atoms. The average Bonchev–Trinajstić information content (AvgIpc) is 2.76. The average molecular weight is 485 g/mol. The lowest BCUT2D eigenvalue weighted by Gasteiger charge is -2.33. The molecule has 0 radical (unpaired) electrons. The molecule has 1 aliphatic carbocycles. The van der Waals surface area contributed by atoms with Gasteiger partial charge in [-0.15, -0.1) is 0 Å². The molecule has 0 saturated heterocycles.